The van der Waals surface area contributed by atoms with Crippen molar-refractivity contribution in [1.29, 1.82) is 0 Å². The number of aliphatic imine (C=N–C) groups is 1. The van der Waals surface area contributed by atoms with Crippen LogP contribution in [0.15, 0.2) is 35.3 Å². The van der Waals surface area contributed by atoms with Crippen molar-refractivity contribution < 1.29 is 14.7 Å². The van der Waals surface area contributed by atoms with Crippen LogP contribution in [0.5, 0.6) is 0 Å². The molecule has 1 aromatic carbocycles. The fourth-order valence-corrected chi connectivity index (χ4v) is 2.93. The van der Waals surface area contributed by atoms with Crippen molar-refractivity contribution in [2.45, 2.75) is 25.2 Å². The maximum atomic E-state index is 12.4. The summed E-state index contributed by atoms with van der Waals surface area (Å²) in [6.07, 6.45) is 0.0866. The summed E-state index contributed by atoms with van der Waals surface area (Å²) in [7, 11) is 1.64. The van der Waals surface area contributed by atoms with Gasteiger partial charge in [-0.3, -0.25) is 15.1 Å². The minimum atomic E-state index is -0.541. The number of benzene rings is 1. The van der Waals surface area contributed by atoms with Gasteiger partial charge in [-0.2, -0.15) is 0 Å². The van der Waals surface area contributed by atoms with Crippen LogP contribution in [-0.2, 0) is 11.3 Å². The molecule has 2 aliphatic rings. The van der Waals surface area contributed by atoms with E-state index >= 15 is 0 Å². The lowest BCUT2D eigenvalue weighted by Crippen LogP contribution is -2.64. The number of fused-ring (bicyclic) bond motifs is 1. The third-order valence-corrected chi connectivity index (χ3v) is 4.19. The number of likely N-dealkylation sites (N-methyl/N-ethyl adjacent to an activating group) is 1. The molecule has 2 heterocycles. The van der Waals surface area contributed by atoms with Crippen LogP contribution in [0.2, 0.25) is 0 Å². The Balaban J connectivity index is 1.88. The molecule has 3 amide bonds. The first-order chi connectivity index (χ1) is 11.6. The van der Waals surface area contributed by atoms with Crippen LogP contribution >= 0.6 is 0 Å². The Morgan fingerprint density at radius 3 is 2.71 bits per heavy atom. The zero-order chi connectivity index (χ0) is 17.1. The van der Waals surface area contributed by atoms with Gasteiger partial charge in [-0.25, -0.2) is 4.79 Å². The molecule has 0 spiro atoms. The van der Waals surface area contributed by atoms with E-state index < -0.39 is 18.2 Å². The first-order valence-corrected chi connectivity index (χ1v) is 7.92. The fourth-order valence-electron chi connectivity index (χ4n) is 2.93. The molecule has 2 fully saturated rings. The van der Waals surface area contributed by atoms with Crippen molar-refractivity contribution in [2.75, 3.05) is 20.2 Å². The molecular formula is C16H21N5O3. The van der Waals surface area contributed by atoms with Crippen LogP contribution in [0.3, 0.4) is 0 Å². The van der Waals surface area contributed by atoms with Crippen LogP contribution in [0, 0.1) is 0 Å². The van der Waals surface area contributed by atoms with Gasteiger partial charge in [-0.1, -0.05) is 30.3 Å². The van der Waals surface area contributed by atoms with Crippen molar-refractivity contribution in [3.63, 3.8) is 0 Å². The van der Waals surface area contributed by atoms with Crippen LogP contribution in [0.25, 0.3) is 0 Å². The molecule has 0 aliphatic carbocycles. The molecule has 2 saturated heterocycles. The summed E-state index contributed by atoms with van der Waals surface area (Å²) >= 11 is 0. The number of nitrogens with zero attached hydrogens (tertiary/aromatic N) is 3. The highest BCUT2D eigenvalue weighted by Gasteiger charge is 2.49. The first kappa shape index (κ1) is 16.3. The van der Waals surface area contributed by atoms with E-state index in [0.29, 0.717) is 25.5 Å². The number of guanidine groups is 1. The first-order valence-electron chi connectivity index (χ1n) is 7.92. The Morgan fingerprint density at radius 2 is 2.00 bits per heavy atom. The molecule has 2 aliphatic heterocycles. The summed E-state index contributed by atoms with van der Waals surface area (Å²) in [5, 5.41) is 14.5. The SMILES string of the molecule is CN1C(=O)NC(=O)C2C1NC(=NCCCO)N2Cc1ccccc1. The monoisotopic (exact) mass is 331 g/mol. The molecule has 3 N–H and O–H groups in total. The second kappa shape index (κ2) is 6.88. The number of aliphatic hydroxyl groups excluding tert-OH is 1. The van der Waals surface area contributed by atoms with Crippen LogP contribution in [0.4, 0.5) is 4.79 Å². The van der Waals surface area contributed by atoms with Gasteiger partial charge < -0.3 is 20.2 Å². The highest BCUT2D eigenvalue weighted by atomic mass is 16.3. The number of imide groups is 1. The van der Waals surface area contributed by atoms with Gasteiger partial charge in [-0.15, -0.1) is 0 Å². The summed E-state index contributed by atoms with van der Waals surface area (Å²) in [5.74, 6) is 0.234. The molecule has 0 saturated carbocycles. The van der Waals surface area contributed by atoms with Crippen molar-refractivity contribution in [2.24, 2.45) is 4.99 Å². The van der Waals surface area contributed by atoms with Crippen molar-refractivity contribution in [3.05, 3.63) is 35.9 Å². The zero-order valence-corrected chi connectivity index (χ0v) is 13.5. The summed E-state index contributed by atoms with van der Waals surface area (Å²) in [6.45, 7) is 1.01. The summed E-state index contributed by atoms with van der Waals surface area (Å²) in [6, 6.07) is 8.81. The minimum absolute atomic E-state index is 0.0567. The molecule has 0 bridgehead atoms. The van der Waals surface area contributed by atoms with Gasteiger partial charge in [0.15, 0.2) is 12.0 Å². The Morgan fingerprint density at radius 1 is 1.25 bits per heavy atom. The number of hydrogen-bond donors (Lipinski definition) is 3. The smallest absolute Gasteiger partial charge is 0.325 e. The second-order valence-electron chi connectivity index (χ2n) is 5.84. The van der Waals surface area contributed by atoms with Crippen LogP contribution in [-0.4, -0.2) is 65.2 Å². The Labute approximate surface area is 140 Å². The number of urea groups is 1. The summed E-state index contributed by atoms with van der Waals surface area (Å²) in [4.78, 5) is 32.0. The number of hydrogen-bond acceptors (Lipinski definition) is 4. The van der Waals surface area contributed by atoms with Gasteiger partial charge in [0.05, 0.1) is 0 Å². The van der Waals surface area contributed by atoms with Gasteiger partial charge in [0.25, 0.3) is 5.91 Å². The molecule has 128 valence electrons. The van der Waals surface area contributed by atoms with E-state index in [4.69, 9.17) is 5.11 Å². The van der Waals surface area contributed by atoms with E-state index in [-0.39, 0.29) is 12.5 Å². The van der Waals surface area contributed by atoms with Crippen molar-refractivity contribution >= 4 is 17.9 Å². The molecule has 0 radical (unpaired) electrons. The van der Waals surface area contributed by atoms with E-state index in [9.17, 15) is 9.59 Å². The minimum Gasteiger partial charge on any atom is -0.396 e. The standard InChI is InChI=1S/C16H21N5O3/c1-20-13-12(14(23)19-16(20)24)21(10-11-6-3-2-4-7-11)15(18-13)17-8-5-9-22/h2-4,6-7,12-13,22H,5,8-10H2,1H3,(H,17,18)(H,19,23,24). The average molecular weight is 331 g/mol. The topological polar surface area (TPSA) is 97.3 Å². The Hall–Kier alpha value is -2.61. The highest BCUT2D eigenvalue weighted by Crippen LogP contribution is 2.22. The molecule has 24 heavy (non-hydrogen) atoms. The van der Waals surface area contributed by atoms with E-state index in [1.54, 1.807) is 7.05 Å². The van der Waals surface area contributed by atoms with Crippen LogP contribution in [0.1, 0.15) is 12.0 Å². The third kappa shape index (κ3) is 3.05. The predicted octanol–water partition coefficient (Wildman–Crippen LogP) is -0.293. The maximum absolute atomic E-state index is 12.4. The van der Waals surface area contributed by atoms with E-state index in [1.165, 1.54) is 4.90 Å². The largest absolute Gasteiger partial charge is 0.396 e. The second-order valence-corrected chi connectivity index (χ2v) is 5.84. The third-order valence-electron chi connectivity index (χ3n) is 4.19. The van der Waals surface area contributed by atoms with E-state index in [0.717, 1.165) is 5.56 Å². The lowest BCUT2D eigenvalue weighted by atomic mass is 10.1. The van der Waals surface area contributed by atoms with Gasteiger partial charge in [-0.05, 0) is 12.0 Å². The zero-order valence-electron chi connectivity index (χ0n) is 13.5. The van der Waals surface area contributed by atoms with Gasteiger partial charge in [0, 0.05) is 26.7 Å². The number of amides is 3. The van der Waals surface area contributed by atoms with Gasteiger partial charge >= 0.3 is 6.03 Å². The van der Waals surface area contributed by atoms with Crippen molar-refractivity contribution in [1.82, 2.24) is 20.4 Å². The molecule has 2 unspecified atom stereocenters. The molecule has 1 aromatic rings. The lowest BCUT2D eigenvalue weighted by molar-refractivity contribution is -0.127. The highest BCUT2D eigenvalue weighted by molar-refractivity contribution is 6.04. The van der Waals surface area contributed by atoms with Crippen LogP contribution < -0.4 is 10.6 Å². The van der Waals surface area contributed by atoms with Gasteiger partial charge in [0.2, 0.25) is 0 Å². The molecule has 3 rings (SSSR count). The average Bonchev–Trinajstić information content (AvgIpc) is 2.93. The van der Waals surface area contributed by atoms with E-state index in [1.807, 2.05) is 35.2 Å². The predicted molar refractivity (Wildman–Crippen MR) is 88.0 cm³/mol. The molecular weight excluding hydrogens is 310 g/mol. The maximum Gasteiger partial charge on any atom is 0.325 e. The Bertz CT molecular complexity index is 648. The number of aliphatic hydroxyl groups is 1. The number of carbonyl (C=O) groups is 2. The fraction of sp³-hybridized carbons (Fsp3) is 0.438. The Kier molecular flexibility index (Phi) is 4.66. The number of rotatable bonds is 5. The molecule has 8 heteroatoms. The van der Waals surface area contributed by atoms with E-state index in [2.05, 4.69) is 15.6 Å². The van der Waals surface area contributed by atoms with Gasteiger partial charge in [0.1, 0.15) is 6.17 Å². The summed E-state index contributed by atoms with van der Waals surface area (Å²) < 4.78 is 0. The van der Waals surface area contributed by atoms with Crippen molar-refractivity contribution in [3.8, 4) is 0 Å². The number of nitrogens with one attached hydrogen (secondary N) is 2. The molecule has 2 atom stereocenters. The number of carbonyl (C=O) groups excluding carboxylic acids is 2. The normalized spacial score (nSPS) is 24.8. The molecule has 0 aromatic heterocycles. The quantitative estimate of drug-likeness (QED) is 0.644. The molecule has 8 nitrogen and oxygen atoms in total. The summed E-state index contributed by atoms with van der Waals surface area (Å²) in [5.41, 5.74) is 1.04. The lowest BCUT2D eigenvalue weighted by Gasteiger charge is -2.35.